The number of thioether (sulfide) groups is 1. The predicted molar refractivity (Wildman–Crippen MR) is 45.2 cm³/mol. The van der Waals surface area contributed by atoms with Gasteiger partial charge in [0.25, 0.3) is 0 Å². The number of pyridine rings is 1. The summed E-state index contributed by atoms with van der Waals surface area (Å²) in [5.41, 5.74) is 6.57. The fraction of sp³-hybridized carbons (Fsp3) is 0.286. The Morgan fingerprint density at radius 1 is 1.50 bits per heavy atom. The number of aromatic nitrogens is 1. The van der Waals surface area contributed by atoms with Crippen LogP contribution < -0.4 is 5.73 Å². The summed E-state index contributed by atoms with van der Waals surface area (Å²) in [7, 11) is 0. The van der Waals surface area contributed by atoms with Gasteiger partial charge in [-0.1, -0.05) is 0 Å². The third kappa shape index (κ3) is 1.42. The molecule has 1 aromatic heterocycles. The van der Waals surface area contributed by atoms with Crippen molar-refractivity contribution in [1.29, 1.82) is 0 Å². The molecule has 0 aliphatic rings. The van der Waals surface area contributed by atoms with Crippen molar-refractivity contribution in [2.45, 2.75) is 11.8 Å². The summed E-state index contributed by atoms with van der Waals surface area (Å²) in [6.07, 6.45) is 1.99. The van der Waals surface area contributed by atoms with Crippen molar-refractivity contribution in [1.82, 2.24) is 4.98 Å². The van der Waals surface area contributed by atoms with E-state index in [-0.39, 0.29) is 0 Å². The van der Waals surface area contributed by atoms with Gasteiger partial charge in [-0.25, -0.2) is 4.98 Å². The van der Waals surface area contributed by atoms with E-state index in [2.05, 4.69) is 4.98 Å². The van der Waals surface area contributed by atoms with Gasteiger partial charge in [0.2, 0.25) is 0 Å². The summed E-state index contributed by atoms with van der Waals surface area (Å²) in [5, 5.41) is 0. The average molecular weight is 154 g/mol. The van der Waals surface area contributed by atoms with Crippen LogP contribution in [0.15, 0.2) is 17.0 Å². The standard InChI is InChI=1S/C7H10N2S/c1-5-3-4-6(10-2)7(8)9-5/h3-4H,1-2H3,(H2,8,9). The molecule has 54 valence electrons. The Bertz CT molecular complexity index is 235. The van der Waals surface area contributed by atoms with Gasteiger partial charge < -0.3 is 5.73 Å². The SMILES string of the molecule is CSc1ccc(C)nc1N. The van der Waals surface area contributed by atoms with Crippen LogP contribution in [0.5, 0.6) is 0 Å². The first-order valence-corrected chi connectivity index (χ1v) is 4.23. The van der Waals surface area contributed by atoms with Gasteiger partial charge in [-0.15, -0.1) is 11.8 Å². The topological polar surface area (TPSA) is 38.9 Å². The first-order chi connectivity index (χ1) is 4.74. The molecule has 0 unspecified atom stereocenters. The van der Waals surface area contributed by atoms with Gasteiger partial charge in [0.05, 0.1) is 0 Å². The third-order valence-electron chi connectivity index (χ3n) is 1.25. The van der Waals surface area contributed by atoms with Gasteiger partial charge in [-0.2, -0.15) is 0 Å². The van der Waals surface area contributed by atoms with Gasteiger partial charge in [-0.05, 0) is 25.3 Å². The molecule has 0 amide bonds. The lowest BCUT2D eigenvalue weighted by molar-refractivity contribution is 1.16. The van der Waals surface area contributed by atoms with E-state index in [9.17, 15) is 0 Å². The fourth-order valence-electron chi connectivity index (χ4n) is 0.737. The summed E-state index contributed by atoms with van der Waals surface area (Å²) in [6, 6.07) is 3.95. The zero-order chi connectivity index (χ0) is 7.56. The second-order valence-corrected chi connectivity index (χ2v) is 2.89. The van der Waals surface area contributed by atoms with Crippen LogP contribution in [0.4, 0.5) is 5.82 Å². The molecule has 0 atom stereocenters. The van der Waals surface area contributed by atoms with Crippen LogP contribution in [-0.4, -0.2) is 11.2 Å². The number of aryl methyl sites for hydroxylation is 1. The molecule has 0 aromatic carbocycles. The highest BCUT2D eigenvalue weighted by Gasteiger charge is 1.96. The molecule has 2 N–H and O–H groups in total. The van der Waals surface area contributed by atoms with Crippen molar-refractivity contribution in [3.8, 4) is 0 Å². The van der Waals surface area contributed by atoms with Gasteiger partial charge in [0, 0.05) is 10.6 Å². The minimum absolute atomic E-state index is 0.632. The predicted octanol–water partition coefficient (Wildman–Crippen LogP) is 1.69. The Balaban J connectivity index is 3.07. The van der Waals surface area contributed by atoms with Crippen molar-refractivity contribution >= 4 is 17.6 Å². The molecule has 0 spiro atoms. The van der Waals surface area contributed by atoms with Gasteiger partial charge in [0.1, 0.15) is 5.82 Å². The van der Waals surface area contributed by atoms with Crippen LogP contribution in [-0.2, 0) is 0 Å². The number of rotatable bonds is 1. The minimum atomic E-state index is 0.632. The van der Waals surface area contributed by atoms with E-state index in [0.717, 1.165) is 10.6 Å². The Hall–Kier alpha value is -0.700. The lowest BCUT2D eigenvalue weighted by Crippen LogP contribution is -1.93. The first kappa shape index (κ1) is 7.41. The second kappa shape index (κ2) is 2.92. The van der Waals surface area contributed by atoms with Crippen LogP contribution in [0, 0.1) is 6.92 Å². The number of nitrogens with zero attached hydrogens (tertiary/aromatic N) is 1. The van der Waals surface area contributed by atoms with Crippen molar-refractivity contribution in [3.63, 3.8) is 0 Å². The number of hydrogen-bond donors (Lipinski definition) is 1. The average Bonchev–Trinajstić information content (AvgIpc) is 1.88. The Kier molecular flexibility index (Phi) is 2.17. The molecular formula is C7H10N2S. The number of nitrogens with two attached hydrogens (primary N) is 1. The highest BCUT2D eigenvalue weighted by molar-refractivity contribution is 7.98. The molecule has 0 saturated heterocycles. The molecular weight excluding hydrogens is 144 g/mol. The maximum absolute atomic E-state index is 5.60. The highest BCUT2D eigenvalue weighted by Crippen LogP contribution is 2.19. The zero-order valence-corrected chi connectivity index (χ0v) is 6.90. The Morgan fingerprint density at radius 3 is 2.70 bits per heavy atom. The molecule has 2 nitrogen and oxygen atoms in total. The molecule has 1 aromatic rings. The van der Waals surface area contributed by atoms with Crippen molar-refractivity contribution in [2.75, 3.05) is 12.0 Å². The molecule has 0 bridgehead atoms. The van der Waals surface area contributed by atoms with Crippen LogP contribution in [0.25, 0.3) is 0 Å². The molecule has 0 radical (unpaired) electrons. The van der Waals surface area contributed by atoms with Gasteiger partial charge in [0.15, 0.2) is 0 Å². The second-order valence-electron chi connectivity index (χ2n) is 2.04. The minimum Gasteiger partial charge on any atom is -0.383 e. The van der Waals surface area contributed by atoms with E-state index in [1.54, 1.807) is 11.8 Å². The number of anilines is 1. The van der Waals surface area contributed by atoms with E-state index < -0.39 is 0 Å². The van der Waals surface area contributed by atoms with Gasteiger partial charge >= 0.3 is 0 Å². The summed E-state index contributed by atoms with van der Waals surface area (Å²) in [6.45, 7) is 1.93. The summed E-state index contributed by atoms with van der Waals surface area (Å²) < 4.78 is 0. The zero-order valence-electron chi connectivity index (χ0n) is 6.09. The van der Waals surface area contributed by atoms with E-state index in [1.807, 2.05) is 25.3 Å². The van der Waals surface area contributed by atoms with Crippen molar-refractivity contribution in [3.05, 3.63) is 17.8 Å². The maximum Gasteiger partial charge on any atom is 0.137 e. The molecule has 1 rings (SSSR count). The molecule has 10 heavy (non-hydrogen) atoms. The molecule has 0 saturated carbocycles. The summed E-state index contributed by atoms with van der Waals surface area (Å²) in [4.78, 5) is 5.15. The molecule has 0 fully saturated rings. The molecule has 3 heteroatoms. The molecule has 0 aliphatic heterocycles. The van der Waals surface area contributed by atoms with Crippen molar-refractivity contribution < 1.29 is 0 Å². The largest absolute Gasteiger partial charge is 0.383 e. The first-order valence-electron chi connectivity index (χ1n) is 3.01. The van der Waals surface area contributed by atoms with Crippen LogP contribution in [0.1, 0.15) is 5.69 Å². The van der Waals surface area contributed by atoms with Crippen molar-refractivity contribution in [2.24, 2.45) is 0 Å². The lowest BCUT2D eigenvalue weighted by Gasteiger charge is -2.00. The molecule has 1 heterocycles. The smallest absolute Gasteiger partial charge is 0.137 e. The quantitative estimate of drug-likeness (QED) is 0.626. The van der Waals surface area contributed by atoms with Gasteiger partial charge in [-0.3, -0.25) is 0 Å². The Labute approximate surface area is 64.8 Å². The van der Waals surface area contributed by atoms with E-state index in [4.69, 9.17) is 5.73 Å². The Morgan fingerprint density at radius 2 is 2.20 bits per heavy atom. The summed E-state index contributed by atoms with van der Waals surface area (Å²) >= 11 is 1.62. The van der Waals surface area contributed by atoms with E-state index in [0.29, 0.717) is 5.82 Å². The van der Waals surface area contributed by atoms with Crippen LogP contribution in [0.2, 0.25) is 0 Å². The number of nitrogen functional groups attached to an aromatic ring is 1. The highest BCUT2D eigenvalue weighted by atomic mass is 32.2. The number of hydrogen-bond acceptors (Lipinski definition) is 3. The molecule has 0 aliphatic carbocycles. The van der Waals surface area contributed by atoms with E-state index >= 15 is 0 Å². The lowest BCUT2D eigenvalue weighted by atomic mass is 10.4. The van der Waals surface area contributed by atoms with Crippen LogP contribution in [0.3, 0.4) is 0 Å². The van der Waals surface area contributed by atoms with E-state index in [1.165, 1.54) is 0 Å². The monoisotopic (exact) mass is 154 g/mol. The third-order valence-corrected chi connectivity index (χ3v) is 2.03. The summed E-state index contributed by atoms with van der Waals surface area (Å²) in [5.74, 6) is 0.632. The maximum atomic E-state index is 5.60. The van der Waals surface area contributed by atoms with Crippen LogP contribution >= 0.6 is 11.8 Å². The fourth-order valence-corrected chi connectivity index (χ4v) is 1.20. The normalized spacial score (nSPS) is 9.80.